The van der Waals surface area contributed by atoms with Crippen LogP contribution in [0.5, 0.6) is 0 Å². The van der Waals surface area contributed by atoms with Crippen LogP contribution in [0.3, 0.4) is 0 Å². The third-order valence-corrected chi connectivity index (χ3v) is 9.89. The Morgan fingerprint density at radius 2 is 1.14 bits per heavy atom. The molecule has 0 aromatic carbocycles. The fourth-order valence-electron chi connectivity index (χ4n) is 7.14. The smallest absolute Gasteiger partial charge is 0.187 e. The molecule has 3 saturated heterocycles. The predicted octanol–water partition coefficient (Wildman–Crippen LogP) is -6.22. The van der Waals surface area contributed by atoms with Gasteiger partial charge in [-0.3, -0.25) is 0 Å². The Hall–Kier alpha value is -0.680. The standard InChI is InChI=1S/C27H46O17/c1-7-16(31)21(36)23(38)26(41-7)40-6-15-20(35)22(37)24(39)27(44-15)43-14-4-9-13(5-12(30)19(34)17(9)32)42-25(14)8-2-10(28)18(33)11(29)3-8/h7-39H,2-6H2,1H3. The van der Waals surface area contributed by atoms with Gasteiger partial charge in [0.05, 0.1) is 55.4 Å². The molecule has 17 heteroatoms. The van der Waals surface area contributed by atoms with Gasteiger partial charge in [-0.2, -0.15) is 0 Å². The first-order chi connectivity index (χ1) is 20.7. The normalized spacial score (nSPS) is 57.1. The summed E-state index contributed by atoms with van der Waals surface area (Å²) < 4.78 is 29.1. The molecule has 2 saturated carbocycles. The zero-order valence-electron chi connectivity index (χ0n) is 24.1. The Labute approximate surface area is 252 Å². The molecular formula is C27H46O17. The molecule has 0 amide bonds. The highest BCUT2D eigenvalue weighted by Gasteiger charge is 2.54. The monoisotopic (exact) mass is 642 g/mol. The molecule has 2 aliphatic carbocycles. The molecule has 19 unspecified atom stereocenters. The van der Waals surface area contributed by atoms with Crippen LogP contribution in [0.15, 0.2) is 0 Å². The third kappa shape index (κ3) is 6.67. The van der Waals surface area contributed by atoms with Crippen molar-refractivity contribution in [3.8, 4) is 0 Å². The zero-order valence-corrected chi connectivity index (χ0v) is 24.1. The summed E-state index contributed by atoms with van der Waals surface area (Å²) >= 11 is 0. The van der Waals surface area contributed by atoms with Crippen LogP contribution in [0.1, 0.15) is 32.6 Å². The van der Waals surface area contributed by atoms with E-state index < -0.39 is 135 Å². The first-order valence-corrected chi connectivity index (χ1v) is 15.1. The maximum atomic E-state index is 10.8. The molecule has 19 atom stereocenters. The SMILES string of the molecule is CC1OC(OCC2OC(OC3CC4C(CC(O)C(O)C4O)OC3C3CC(O)C(O)C(O)C3)C(O)C(O)C2O)C(O)C(O)C1O. The molecule has 256 valence electrons. The van der Waals surface area contributed by atoms with E-state index in [-0.39, 0.29) is 25.7 Å². The lowest BCUT2D eigenvalue weighted by molar-refractivity contribution is -0.347. The van der Waals surface area contributed by atoms with Gasteiger partial charge in [-0.05, 0) is 32.1 Å². The molecule has 17 nitrogen and oxygen atoms in total. The average molecular weight is 643 g/mol. The highest BCUT2D eigenvalue weighted by Crippen LogP contribution is 2.43. The quantitative estimate of drug-likeness (QED) is 0.128. The van der Waals surface area contributed by atoms with Crippen LogP contribution in [-0.4, -0.2) is 184 Å². The molecule has 5 rings (SSSR count). The van der Waals surface area contributed by atoms with Gasteiger partial charge in [0.2, 0.25) is 0 Å². The molecule has 5 fully saturated rings. The van der Waals surface area contributed by atoms with E-state index in [1.165, 1.54) is 6.92 Å². The van der Waals surface area contributed by atoms with Crippen molar-refractivity contribution in [2.45, 2.75) is 149 Å². The van der Waals surface area contributed by atoms with Crippen molar-refractivity contribution in [3.63, 3.8) is 0 Å². The molecule has 0 aromatic rings. The molecule has 12 N–H and O–H groups in total. The van der Waals surface area contributed by atoms with E-state index in [4.69, 9.17) is 23.7 Å². The number of hydrogen-bond acceptors (Lipinski definition) is 17. The highest BCUT2D eigenvalue weighted by atomic mass is 16.7. The highest BCUT2D eigenvalue weighted by molar-refractivity contribution is 5.02. The summed E-state index contributed by atoms with van der Waals surface area (Å²) in [4.78, 5) is 0. The summed E-state index contributed by atoms with van der Waals surface area (Å²) in [5, 5.41) is 124. The van der Waals surface area contributed by atoms with Crippen molar-refractivity contribution in [1.29, 1.82) is 0 Å². The van der Waals surface area contributed by atoms with Crippen molar-refractivity contribution < 1.29 is 85.0 Å². The van der Waals surface area contributed by atoms with Crippen LogP contribution in [0.2, 0.25) is 0 Å². The summed E-state index contributed by atoms with van der Waals surface area (Å²) in [5.74, 6) is -1.33. The van der Waals surface area contributed by atoms with E-state index in [0.29, 0.717) is 0 Å². The van der Waals surface area contributed by atoms with Gasteiger partial charge in [0.15, 0.2) is 12.6 Å². The van der Waals surface area contributed by atoms with Crippen LogP contribution in [0.4, 0.5) is 0 Å². The van der Waals surface area contributed by atoms with Crippen LogP contribution >= 0.6 is 0 Å². The van der Waals surface area contributed by atoms with Gasteiger partial charge < -0.3 is 85.0 Å². The molecule has 0 aromatic heterocycles. The summed E-state index contributed by atoms with van der Waals surface area (Å²) in [6.45, 7) is 0.937. The molecule has 5 aliphatic rings. The van der Waals surface area contributed by atoms with Gasteiger partial charge in [-0.25, -0.2) is 0 Å². The summed E-state index contributed by atoms with van der Waals surface area (Å²) in [7, 11) is 0. The van der Waals surface area contributed by atoms with Gasteiger partial charge in [-0.15, -0.1) is 0 Å². The molecule has 44 heavy (non-hydrogen) atoms. The second kappa shape index (κ2) is 13.8. The number of fused-ring (bicyclic) bond motifs is 1. The van der Waals surface area contributed by atoms with Gasteiger partial charge >= 0.3 is 0 Å². The van der Waals surface area contributed by atoms with Crippen LogP contribution in [0.25, 0.3) is 0 Å². The minimum atomic E-state index is -1.80. The topological polar surface area (TPSA) is 289 Å². The van der Waals surface area contributed by atoms with Gasteiger partial charge in [0, 0.05) is 12.3 Å². The number of hydrogen-bond donors (Lipinski definition) is 12. The van der Waals surface area contributed by atoms with Crippen LogP contribution in [-0.2, 0) is 23.7 Å². The second-order valence-corrected chi connectivity index (χ2v) is 12.9. The molecule has 0 spiro atoms. The molecule has 0 radical (unpaired) electrons. The lowest BCUT2D eigenvalue weighted by Gasteiger charge is -2.52. The predicted molar refractivity (Wildman–Crippen MR) is 140 cm³/mol. The van der Waals surface area contributed by atoms with Crippen LogP contribution in [0, 0.1) is 11.8 Å². The van der Waals surface area contributed by atoms with Gasteiger partial charge in [0.25, 0.3) is 0 Å². The van der Waals surface area contributed by atoms with E-state index in [2.05, 4.69) is 0 Å². The largest absolute Gasteiger partial charge is 0.390 e. The maximum Gasteiger partial charge on any atom is 0.187 e. The lowest BCUT2D eigenvalue weighted by Crippen LogP contribution is -2.64. The van der Waals surface area contributed by atoms with Crippen molar-refractivity contribution in [2.75, 3.05) is 6.61 Å². The van der Waals surface area contributed by atoms with E-state index in [1.54, 1.807) is 0 Å². The van der Waals surface area contributed by atoms with Gasteiger partial charge in [-0.1, -0.05) is 0 Å². The summed E-state index contributed by atoms with van der Waals surface area (Å²) in [6.07, 6.45) is -25.9. The molecule has 3 heterocycles. The van der Waals surface area contributed by atoms with E-state index in [0.717, 1.165) is 0 Å². The third-order valence-electron chi connectivity index (χ3n) is 9.89. The number of aliphatic hydroxyl groups is 12. The van der Waals surface area contributed by atoms with E-state index >= 15 is 0 Å². The molecular weight excluding hydrogens is 596 g/mol. The number of aliphatic hydroxyl groups excluding tert-OH is 12. The van der Waals surface area contributed by atoms with Crippen molar-refractivity contribution >= 4 is 0 Å². The van der Waals surface area contributed by atoms with Gasteiger partial charge in [0.1, 0.15) is 54.9 Å². The summed E-state index contributed by atoms with van der Waals surface area (Å²) in [6, 6.07) is 0. The fourth-order valence-corrected chi connectivity index (χ4v) is 7.14. The zero-order chi connectivity index (χ0) is 32.2. The Morgan fingerprint density at radius 3 is 1.80 bits per heavy atom. The molecule has 3 aliphatic heterocycles. The minimum absolute atomic E-state index is 0.00242. The Morgan fingerprint density at radius 1 is 0.545 bits per heavy atom. The number of rotatable bonds is 6. The van der Waals surface area contributed by atoms with Crippen LogP contribution < -0.4 is 0 Å². The lowest BCUT2D eigenvalue weighted by atomic mass is 9.71. The van der Waals surface area contributed by atoms with Crippen molar-refractivity contribution in [2.24, 2.45) is 11.8 Å². The van der Waals surface area contributed by atoms with Crippen molar-refractivity contribution in [3.05, 3.63) is 0 Å². The van der Waals surface area contributed by atoms with E-state index in [1.807, 2.05) is 0 Å². The summed E-state index contributed by atoms with van der Waals surface area (Å²) in [5.41, 5.74) is 0. The fraction of sp³-hybridized carbons (Fsp3) is 1.00. The maximum absolute atomic E-state index is 10.8. The number of ether oxygens (including phenoxy) is 5. The Balaban J connectivity index is 1.32. The van der Waals surface area contributed by atoms with Crippen molar-refractivity contribution in [1.82, 2.24) is 0 Å². The molecule has 0 bridgehead atoms. The first-order valence-electron chi connectivity index (χ1n) is 15.1. The average Bonchev–Trinajstić information content (AvgIpc) is 2.99. The second-order valence-electron chi connectivity index (χ2n) is 12.9. The Kier molecular flexibility index (Phi) is 10.9. The Bertz CT molecular complexity index is 934. The minimum Gasteiger partial charge on any atom is -0.390 e. The first kappa shape index (κ1) is 34.6. The van der Waals surface area contributed by atoms with E-state index in [9.17, 15) is 61.3 Å².